The lowest BCUT2D eigenvalue weighted by atomic mass is 10.1. The number of halogens is 4. The first-order chi connectivity index (χ1) is 12.9. The van der Waals surface area contributed by atoms with E-state index < -0.39 is 12.5 Å². The molecule has 2 aromatic carbocycles. The van der Waals surface area contributed by atoms with E-state index in [1.54, 1.807) is 37.4 Å². The van der Waals surface area contributed by atoms with Crippen LogP contribution in [0, 0.1) is 0 Å². The molecule has 0 aliphatic heterocycles. The Morgan fingerprint density at radius 2 is 1.82 bits per heavy atom. The lowest BCUT2D eigenvalue weighted by Crippen LogP contribution is -2.36. The van der Waals surface area contributed by atoms with Crippen molar-refractivity contribution in [3.05, 3.63) is 64.2 Å². The number of nitrogens with zero attached hydrogens (tertiary/aromatic N) is 1. The van der Waals surface area contributed by atoms with Crippen LogP contribution in [-0.2, 0) is 13.1 Å². The van der Waals surface area contributed by atoms with Crippen LogP contribution in [0.1, 0.15) is 21.5 Å². The second kappa shape index (κ2) is 11.6. The summed E-state index contributed by atoms with van der Waals surface area (Å²) >= 11 is 5.93. The van der Waals surface area contributed by atoms with Gasteiger partial charge < -0.3 is 21.1 Å². The number of benzene rings is 2. The van der Waals surface area contributed by atoms with Gasteiger partial charge in [-0.2, -0.15) is 8.78 Å². The van der Waals surface area contributed by atoms with Gasteiger partial charge in [0.25, 0.3) is 0 Å². The van der Waals surface area contributed by atoms with E-state index >= 15 is 0 Å². The number of primary amides is 1. The lowest BCUT2D eigenvalue weighted by molar-refractivity contribution is -0.0504. The fraction of sp³-hybridized carbons (Fsp3) is 0.222. The molecule has 0 aromatic heterocycles. The van der Waals surface area contributed by atoms with Crippen LogP contribution >= 0.6 is 35.6 Å². The van der Waals surface area contributed by atoms with Gasteiger partial charge in [-0.15, -0.1) is 24.0 Å². The number of guanidine groups is 1. The minimum Gasteiger partial charge on any atom is -0.434 e. The van der Waals surface area contributed by atoms with Crippen LogP contribution < -0.4 is 21.1 Å². The molecule has 0 saturated carbocycles. The van der Waals surface area contributed by atoms with E-state index in [0.29, 0.717) is 28.7 Å². The van der Waals surface area contributed by atoms with Gasteiger partial charge in [0.2, 0.25) is 5.91 Å². The Balaban J connectivity index is 0.00000392. The van der Waals surface area contributed by atoms with Crippen LogP contribution in [0.3, 0.4) is 0 Å². The Labute approximate surface area is 183 Å². The van der Waals surface area contributed by atoms with Crippen molar-refractivity contribution in [1.82, 2.24) is 10.6 Å². The average Bonchev–Trinajstić information content (AvgIpc) is 2.64. The van der Waals surface area contributed by atoms with Gasteiger partial charge in [-0.1, -0.05) is 23.7 Å². The van der Waals surface area contributed by atoms with Crippen LogP contribution in [-0.4, -0.2) is 25.5 Å². The van der Waals surface area contributed by atoms with Crippen molar-refractivity contribution in [2.75, 3.05) is 7.05 Å². The monoisotopic (exact) mass is 524 g/mol. The predicted octanol–water partition coefficient (Wildman–Crippen LogP) is 3.52. The van der Waals surface area contributed by atoms with Crippen LogP contribution in [0.15, 0.2) is 47.5 Å². The number of nitrogens with two attached hydrogens (primary N) is 1. The molecule has 2 rings (SSSR count). The number of hydrogen-bond donors (Lipinski definition) is 3. The molecule has 2 aromatic rings. The molecule has 0 unspecified atom stereocenters. The fourth-order valence-corrected chi connectivity index (χ4v) is 2.46. The highest BCUT2D eigenvalue weighted by atomic mass is 127. The van der Waals surface area contributed by atoms with E-state index in [4.69, 9.17) is 17.3 Å². The van der Waals surface area contributed by atoms with Gasteiger partial charge in [0.05, 0.1) is 0 Å². The number of alkyl halides is 2. The van der Waals surface area contributed by atoms with Crippen LogP contribution in [0.4, 0.5) is 8.78 Å². The van der Waals surface area contributed by atoms with Gasteiger partial charge in [-0.3, -0.25) is 9.79 Å². The molecule has 0 heterocycles. The largest absolute Gasteiger partial charge is 0.434 e. The minimum atomic E-state index is -2.93. The van der Waals surface area contributed by atoms with Crippen molar-refractivity contribution in [3.63, 3.8) is 0 Å². The van der Waals surface area contributed by atoms with Gasteiger partial charge in [-0.25, -0.2) is 0 Å². The van der Waals surface area contributed by atoms with Gasteiger partial charge in [-0.05, 0) is 35.9 Å². The number of rotatable bonds is 7. The third kappa shape index (κ3) is 7.47. The summed E-state index contributed by atoms with van der Waals surface area (Å²) in [6, 6.07) is 11.2. The molecule has 0 atom stereocenters. The van der Waals surface area contributed by atoms with Gasteiger partial charge in [0.15, 0.2) is 5.96 Å². The average molecular weight is 525 g/mol. The number of hydrogen-bond acceptors (Lipinski definition) is 3. The van der Waals surface area contributed by atoms with Gasteiger partial charge in [0.1, 0.15) is 5.75 Å². The first-order valence-corrected chi connectivity index (χ1v) is 8.33. The molecule has 0 radical (unpaired) electrons. The molecule has 1 amide bonds. The van der Waals surface area contributed by atoms with E-state index in [1.807, 2.05) is 0 Å². The van der Waals surface area contributed by atoms with Gasteiger partial charge in [0, 0.05) is 36.3 Å². The van der Waals surface area contributed by atoms with Crippen molar-refractivity contribution in [3.8, 4) is 5.75 Å². The summed E-state index contributed by atoms with van der Waals surface area (Å²) < 4.78 is 29.5. The molecule has 0 spiro atoms. The highest BCUT2D eigenvalue weighted by Crippen LogP contribution is 2.24. The molecular weight excluding hydrogens is 505 g/mol. The van der Waals surface area contributed by atoms with E-state index in [2.05, 4.69) is 20.4 Å². The minimum absolute atomic E-state index is 0. The van der Waals surface area contributed by atoms with Crippen molar-refractivity contribution >= 4 is 47.4 Å². The number of amides is 1. The fourth-order valence-electron chi connectivity index (χ4n) is 2.27. The molecule has 4 N–H and O–H groups in total. The second-order valence-electron chi connectivity index (χ2n) is 5.47. The maximum Gasteiger partial charge on any atom is 0.387 e. The molecule has 6 nitrogen and oxygen atoms in total. The molecular formula is C18H20ClF2IN4O2. The van der Waals surface area contributed by atoms with Crippen molar-refractivity contribution in [1.29, 1.82) is 0 Å². The van der Waals surface area contributed by atoms with Crippen molar-refractivity contribution < 1.29 is 18.3 Å². The highest BCUT2D eigenvalue weighted by molar-refractivity contribution is 14.0. The summed E-state index contributed by atoms with van der Waals surface area (Å²) in [7, 11) is 1.58. The zero-order valence-corrected chi connectivity index (χ0v) is 18.0. The Kier molecular flexibility index (Phi) is 9.94. The van der Waals surface area contributed by atoms with E-state index in [0.717, 1.165) is 5.56 Å². The van der Waals surface area contributed by atoms with Crippen molar-refractivity contribution in [2.24, 2.45) is 10.7 Å². The van der Waals surface area contributed by atoms with E-state index in [-0.39, 0.29) is 36.3 Å². The third-order valence-electron chi connectivity index (χ3n) is 3.61. The Bertz CT molecular complexity index is 820. The number of nitrogens with one attached hydrogen (secondary N) is 2. The summed E-state index contributed by atoms with van der Waals surface area (Å²) in [5.41, 5.74) is 7.01. The van der Waals surface area contributed by atoms with Crippen molar-refractivity contribution in [2.45, 2.75) is 19.7 Å². The standard InChI is InChI=1S/C18H19ClF2N4O2.HI/c1-23-18(24-9-11-2-4-12(5-3-11)16(22)26)25-10-13-8-14(19)6-7-15(13)27-17(20)21;/h2-8,17H,9-10H2,1H3,(H2,22,26)(H2,23,24,25);1H. The summed E-state index contributed by atoms with van der Waals surface area (Å²) in [6.07, 6.45) is 0. The molecule has 0 fully saturated rings. The Morgan fingerprint density at radius 1 is 1.18 bits per heavy atom. The molecule has 0 bridgehead atoms. The number of ether oxygens (including phenoxy) is 1. The summed E-state index contributed by atoms with van der Waals surface area (Å²) in [5, 5.41) is 6.50. The van der Waals surface area contributed by atoms with Gasteiger partial charge >= 0.3 is 6.61 Å². The molecule has 0 aliphatic rings. The molecule has 152 valence electrons. The lowest BCUT2D eigenvalue weighted by Gasteiger charge is -2.15. The first kappa shape index (κ1) is 23.9. The van der Waals surface area contributed by atoms with E-state index in [9.17, 15) is 13.6 Å². The Morgan fingerprint density at radius 3 is 2.39 bits per heavy atom. The third-order valence-corrected chi connectivity index (χ3v) is 3.84. The molecule has 0 aliphatic carbocycles. The highest BCUT2D eigenvalue weighted by Gasteiger charge is 2.11. The maximum atomic E-state index is 12.5. The zero-order chi connectivity index (χ0) is 19.8. The summed E-state index contributed by atoms with van der Waals surface area (Å²) in [6.45, 7) is -2.30. The zero-order valence-electron chi connectivity index (χ0n) is 14.9. The smallest absolute Gasteiger partial charge is 0.387 e. The quantitative estimate of drug-likeness (QED) is 0.294. The number of aliphatic imine (C=N–C) groups is 1. The molecule has 28 heavy (non-hydrogen) atoms. The second-order valence-corrected chi connectivity index (χ2v) is 5.91. The van der Waals surface area contributed by atoms with Crippen LogP contribution in [0.2, 0.25) is 5.02 Å². The predicted molar refractivity (Wildman–Crippen MR) is 115 cm³/mol. The van der Waals surface area contributed by atoms with Crippen LogP contribution in [0.25, 0.3) is 0 Å². The number of carbonyl (C=O) groups excluding carboxylic acids is 1. The normalized spacial score (nSPS) is 11.0. The maximum absolute atomic E-state index is 12.5. The Hall–Kier alpha value is -2.14. The SMILES string of the molecule is CN=C(NCc1ccc(C(N)=O)cc1)NCc1cc(Cl)ccc1OC(F)F.I. The molecule has 0 saturated heterocycles. The summed E-state index contributed by atoms with van der Waals surface area (Å²) in [5.74, 6) is 0.00618. The van der Waals surface area contributed by atoms with Crippen LogP contribution in [0.5, 0.6) is 5.75 Å². The summed E-state index contributed by atoms with van der Waals surface area (Å²) in [4.78, 5) is 15.1. The first-order valence-electron chi connectivity index (χ1n) is 7.95. The topological polar surface area (TPSA) is 88.7 Å². The van der Waals surface area contributed by atoms with E-state index in [1.165, 1.54) is 12.1 Å². The number of carbonyl (C=O) groups is 1. The molecule has 10 heteroatoms.